The summed E-state index contributed by atoms with van der Waals surface area (Å²) in [5.74, 6) is -1.06. The monoisotopic (exact) mass is 220 g/mol. The van der Waals surface area contributed by atoms with Crippen LogP contribution in [0.15, 0.2) is 0 Å². The highest BCUT2D eigenvalue weighted by Crippen LogP contribution is 2.35. The number of hydrogen-bond acceptors (Lipinski definition) is 3. The first-order chi connectivity index (χ1) is 6.44. The number of aliphatic carboxylic acids is 1. The molecular weight excluding hydrogens is 208 g/mol. The quantitative estimate of drug-likeness (QED) is 0.653. The predicted molar refractivity (Wildman–Crippen MR) is 47.8 cm³/mol. The topological polar surface area (TPSA) is 77.9 Å². The van der Waals surface area contributed by atoms with Crippen LogP contribution in [0, 0.1) is 0 Å². The first-order valence-corrected chi connectivity index (χ1v) is 5.82. The van der Waals surface area contributed by atoms with Crippen LogP contribution < -0.4 is 0 Å². The maximum absolute atomic E-state index is 11.7. The summed E-state index contributed by atoms with van der Waals surface area (Å²) in [6.07, 6.45) is 1.55. The highest BCUT2D eigenvalue weighted by atomic mass is 32.2. The van der Waals surface area contributed by atoms with Crippen LogP contribution in [-0.2, 0) is 15.0 Å². The van der Waals surface area contributed by atoms with E-state index in [9.17, 15) is 13.2 Å². The third-order valence-corrected chi connectivity index (χ3v) is 4.61. The smallest absolute Gasteiger partial charge is 0.323 e. The van der Waals surface area contributed by atoms with Gasteiger partial charge >= 0.3 is 5.97 Å². The largest absolute Gasteiger partial charge is 0.480 e. The molecule has 0 aromatic rings. The molecule has 0 radical (unpaired) electrons. The maximum atomic E-state index is 11.7. The molecule has 1 unspecified atom stereocenters. The summed E-state index contributed by atoms with van der Waals surface area (Å²) in [5, 5.41) is 8.88. The van der Waals surface area contributed by atoms with Gasteiger partial charge in [0.25, 0.3) is 10.2 Å². The van der Waals surface area contributed by atoms with Gasteiger partial charge in [-0.05, 0) is 12.8 Å². The van der Waals surface area contributed by atoms with Gasteiger partial charge in [-0.1, -0.05) is 0 Å². The standard InChI is InChI=1S/C7H12N2O4S/c1-8-4-6(7(10)11)9(5-2-3-5)14(8,12)13/h5-6H,2-4H2,1H3,(H,10,11). The molecule has 1 aliphatic carbocycles. The van der Waals surface area contributed by atoms with Crippen molar-refractivity contribution in [2.45, 2.75) is 24.9 Å². The minimum Gasteiger partial charge on any atom is -0.480 e. The Bertz CT molecular complexity index is 362. The van der Waals surface area contributed by atoms with Crippen molar-refractivity contribution >= 4 is 16.2 Å². The Morgan fingerprint density at radius 2 is 2.00 bits per heavy atom. The van der Waals surface area contributed by atoms with E-state index in [1.807, 2.05) is 0 Å². The van der Waals surface area contributed by atoms with Crippen LogP contribution in [0.25, 0.3) is 0 Å². The fourth-order valence-electron chi connectivity index (χ4n) is 1.70. The maximum Gasteiger partial charge on any atom is 0.323 e. The number of carboxylic acid groups (broad SMARTS) is 1. The van der Waals surface area contributed by atoms with Crippen LogP contribution in [0.5, 0.6) is 0 Å². The predicted octanol–water partition coefficient (Wildman–Crippen LogP) is -0.906. The van der Waals surface area contributed by atoms with Gasteiger partial charge in [-0.15, -0.1) is 0 Å². The fraction of sp³-hybridized carbons (Fsp3) is 0.857. The number of rotatable bonds is 2. The van der Waals surface area contributed by atoms with E-state index in [1.165, 1.54) is 7.05 Å². The SMILES string of the molecule is CN1CC(C(=O)O)N(C2CC2)S1(=O)=O. The van der Waals surface area contributed by atoms with E-state index < -0.39 is 22.2 Å². The zero-order chi connectivity index (χ0) is 10.5. The summed E-state index contributed by atoms with van der Waals surface area (Å²) in [6, 6.07) is -0.997. The average molecular weight is 220 g/mol. The lowest BCUT2D eigenvalue weighted by Crippen LogP contribution is -2.41. The summed E-state index contributed by atoms with van der Waals surface area (Å²) in [5.41, 5.74) is 0. The lowest BCUT2D eigenvalue weighted by atomic mass is 10.3. The van der Waals surface area contributed by atoms with Crippen molar-refractivity contribution in [3.63, 3.8) is 0 Å². The van der Waals surface area contributed by atoms with Crippen molar-refractivity contribution in [1.82, 2.24) is 8.61 Å². The first-order valence-electron chi connectivity index (χ1n) is 4.42. The fourth-order valence-corrected chi connectivity index (χ4v) is 3.42. The molecule has 0 bridgehead atoms. The van der Waals surface area contributed by atoms with E-state index in [0.717, 1.165) is 21.5 Å². The zero-order valence-electron chi connectivity index (χ0n) is 7.75. The zero-order valence-corrected chi connectivity index (χ0v) is 8.57. The van der Waals surface area contributed by atoms with Crippen LogP contribution in [0.2, 0.25) is 0 Å². The minimum atomic E-state index is -3.51. The molecule has 2 rings (SSSR count). The van der Waals surface area contributed by atoms with Gasteiger partial charge in [-0.3, -0.25) is 4.79 Å². The Kier molecular flexibility index (Phi) is 2.06. The molecule has 2 fully saturated rings. The number of likely N-dealkylation sites (N-methyl/N-ethyl adjacent to an activating group) is 1. The molecule has 2 aliphatic rings. The summed E-state index contributed by atoms with van der Waals surface area (Å²) in [4.78, 5) is 10.8. The van der Waals surface area contributed by atoms with Gasteiger partial charge in [0, 0.05) is 19.6 Å². The number of carbonyl (C=O) groups is 1. The molecule has 0 spiro atoms. The third-order valence-electron chi connectivity index (χ3n) is 2.59. The van der Waals surface area contributed by atoms with Crippen LogP contribution in [-0.4, -0.2) is 53.8 Å². The second-order valence-electron chi connectivity index (χ2n) is 3.70. The molecule has 1 atom stereocenters. The molecule has 0 aromatic heterocycles. The van der Waals surface area contributed by atoms with Crippen LogP contribution in [0.4, 0.5) is 0 Å². The summed E-state index contributed by atoms with van der Waals surface area (Å²) in [6.45, 7) is 0.0498. The minimum absolute atomic E-state index is 0.0498. The van der Waals surface area contributed by atoms with E-state index in [2.05, 4.69) is 0 Å². The van der Waals surface area contributed by atoms with Gasteiger partial charge in [0.1, 0.15) is 6.04 Å². The normalized spacial score (nSPS) is 33.4. The van der Waals surface area contributed by atoms with Crippen LogP contribution in [0.3, 0.4) is 0 Å². The lowest BCUT2D eigenvalue weighted by molar-refractivity contribution is -0.141. The van der Waals surface area contributed by atoms with E-state index in [-0.39, 0.29) is 12.6 Å². The van der Waals surface area contributed by atoms with Crippen LogP contribution in [0.1, 0.15) is 12.8 Å². The highest BCUT2D eigenvalue weighted by Gasteiger charge is 2.52. The number of carboxylic acids is 1. The molecule has 1 saturated carbocycles. The van der Waals surface area contributed by atoms with Gasteiger partial charge < -0.3 is 5.11 Å². The third kappa shape index (κ3) is 1.32. The summed E-state index contributed by atoms with van der Waals surface area (Å²) < 4.78 is 25.6. The molecule has 1 N–H and O–H groups in total. The second-order valence-corrected chi connectivity index (χ2v) is 5.64. The van der Waals surface area contributed by atoms with Gasteiger partial charge in [-0.25, -0.2) is 0 Å². The number of nitrogens with zero attached hydrogens (tertiary/aromatic N) is 2. The molecule has 1 heterocycles. The molecule has 0 aromatic carbocycles. The van der Waals surface area contributed by atoms with Crippen molar-refractivity contribution in [2.24, 2.45) is 0 Å². The van der Waals surface area contributed by atoms with Crippen molar-refractivity contribution in [3.8, 4) is 0 Å². The molecule has 6 nitrogen and oxygen atoms in total. The molecule has 1 saturated heterocycles. The Labute approximate surface area is 82.3 Å². The van der Waals surface area contributed by atoms with E-state index in [4.69, 9.17) is 5.11 Å². The molecule has 1 aliphatic heterocycles. The van der Waals surface area contributed by atoms with E-state index in [0.29, 0.717) is 0 Å². The van der Waals surface area contributed by atoms with Crippen molar-refractivity contribution < 1.29 is 18.3 Å². The highest BCUT2D eigenvalue weighted by molar-refractivity contribution is 7.87. The Morgan fingerprint density at radius 3 is 2.43 bits per heavy atom. The van der Waals surface area contributed by atoms with Crippen molar-refractivity contribution in [1.29, 1.82) is 0 Å². The molecule has 80 valence electrons. The molecule has 0 amide bonds. The van der Waals surface area contributed by atoms with E-state index >= 15 is 0 Å². The van der Waals surface area contributed by atoms with Crippen LogP contribution >= 0.6 is 0 Å². The second kappa shape index (κ2) is 2.91. The van der Waals surface area contributed by atoms with Crippen molar-refractivity contribution in [3.05, 3.63) is 0 Å². The molecule has 7 heteroatoms. The Morgan fingerprint density at radius 1 is 1.43 bits per heavy atom. The van der Waals surface area contributed by atoms with Gasteiger partial charge in [0.05, 0.1) is 0 Å². The lowest BCUT2D eigenvalue weighted by Gasteiger charge is -2.17. The summed E-state index contributed by atoms with van der Waals surface area (Å²) >= 11 is 0. The molecular formula is C7H12N2O4S. The van der Waals surface area contributed by atoms with Gasteiger partial charge in [0.15, 0.2) is 0 Å². The Hall–Kier alpha value is -0.660. The average Bonchev–Trinajstić information content (AvgIpc) is 2.82. The van der Waals surface area contributed by atoms with Crippen molar-refractivity contribution in [2.75, 3.05) is 13.6 Å². The summed E-state index contributed by atoms with van der Waals surface area (Å²) in [7, 11) is -2.10. The van der Waals surface area contributed by atoms with Gasteiger partial charge in [0.2, 0.25) is 0 Å². The van der Waals surface area contributed by atoms with E-state index in [1.54, 1.807) is 0 Å². The molecule has 14 heavy (non-hydrogen) atoms. The van der Waals surface area contributed by atoms with Gasteiger partial charge in [-0.2, -0.15) is 17.0 Å². The number of hydrogen-bond donors (Lipinski definition) is 1. The first kappa shape index (κ1) is 9.88. The Balaban J connectivity index is 2.34.